The van der Waals surface area contributed by atoms with E-state index in [1.165, 1.54) is 50.7 Å². The van der Waals surface area contributed by atoms with Crippen LogP contribution in [0.5, 0.6) is 0 Å². The first-order valence-electron chi connectivity index (χ1n) is 9.29. The molecule has 1 aromatic carbocycles. The van der Waals surface area contributed by atoms with E-state index in [1.807, 2.05) is 25.1 Å². The molecule has 3 rings (SSSR count). The molecule has 0 aliphatic heterocycles. The van der Waals surface area contributed by atoms with Gasteiger partial charge in [-0.3, -0.25) is 0 Å². The van der Waals surface area contributed by atoms with Crippen LogP contribution in [0, 0.1) is 12.7 Å². The molecule has 0 saturated heterocycles. The average Bonchev–Trinajstić information content (AvgIpc) is 2.85. The molecule has 1 heterocycles. The van der Waals surface area contributed by atoms with Crippen molar-refractivity contribution in [2.24, 2.45) is 0 Å². The lowest BCUT2D eigenvalue weighted by Crippen LogP contribution is -2.19. The highest BCUT2D eigenvalue weighted by Gasteiger charge is 2.13. The van der Waals surface area contributed by atoms with Gasteiger partial charge < -0.3 is 10.6 Å². The van der Waals surface area contributed by atoms with Crippen molar-refractivity contribution in [3.05, 3.63) is 47.5 Å². The van der Waals surface area contributed by atoms with Gasteiger partial charge in [-0.2, -0.15) is 0 Å². The molecule has 0 spiro atoms. The van der Waals surface area contributed by atoms with Crippen LogP contribution in [0.25, 0.3) is 0 Å². The Balaban J connectivity index is 1.56. The number of nitrogens with one attached hydrogen (secondary N) is 2. The summed E-state index contributed by atoms with van der Waals surface area (Å²) in [7, 11) is 0. The lowest BCUT2D eigenvalue weighted by Gasteiger charge is -2.18. The van der Waals surface area contributed by atoms with Crippen LogP contribution in [0.3, 0.4) is 0 Å². The van der Waals surface area contributed by atoms with Crippen LogP contribution in [0.15, 0.2) is 30.3 Å². The minimum atomic E-state index is -0.197. The van der Waals surface area contributed by atoms with Crippen LogP contribution in [0.2, 0.25) is 0 Å². The number of nitrogens with zero attached hydrogens (tertiary/aromatic N) is 2. The van der Waals surface area contributed by atoms with Crippen LogP contribution < -0.4 is 10.6 Å². The molecule has 0 unspecified atom stereocenters. The van der Waals surface area contributed by atoms with Gasteiger partial charge in [0.2, 0.25) is 0 Å². The van der Waals surface area contributed by atoms with Gasteiger partial charge in [-0.15, -0.1) is 0 Å². The van der Waals surface area contributed by atoms with Gasteiger partial charge in [-0.05, 0) is 43.9 Å². The van der Waals surface area contributed by atoms with E-state index in [0.717, 1.165) is 36.0 Å². The molecule has 134 valence electrons. The van der Waals surface area contributed by atoms with Crippen molar-refractivity contribution in [1.82, 2.24) is 9.97 Å². The largest absolute Gasteiger partial charge is 0.370 e. The van der Waals surface area contributed by atoms with Crippen molar-refractivity contribution in [1.29, 1.82) is 0 Å². The normalized spacial score (nSPS) is 15.6. The van der Waals surface area contributed by atoms with Crippen LogP contribution in [-0.2, 0) is 6.42 Å². The maximum Gasteiger partial charge on any atom is 0.132 e. The molecule has 4 nitrogen and oxygen atoms in total. The van der Waals surface area contributed by atoms with E-state index in [2.05, 4.69) is 20.6 Å². The Bertz CT molecular complexity index is 664. The molecule has 2 aromatic rings. The molecule has 0 atom stereocenters. The Morgan fingerprint density at radius 1 is 1.00 bits per heavy atom. The lowest BCUT2D eigenvalue weighted by atomic mass is 10.1. The molecule has 1 aliphatic carbocycles. The zero-order valence-electron chi connectivity index (χ0n) is 14.9. The zero-order chi connectivity index (χ0) is 17.5. The number of aryl methyl sites for hydroxylation is 1. The molecule has 0 bridgehead atoms. The van der Waals surface area contributed by atoms with Crippen LogP contribution in [-0.4, -0.2) is 22.6 Å². The van der Waals surface area contributed by atoms with Crippen LogP contribution in [0.1, 0.15) is 49.9 Å². The van der Waals surface area contributed by atoms with E-state index in [0.29, 0.717) is 6.04 Å². The second-order valence-corrected chi connectivity index (χ2v) is 6.82. The van der Waals surface area contributed by atoms with E-state index in [4.69, 9.17) is 0 Å². The van der Waals surface area contributed by atoms with Gasteiger partial charge in [0.1, 0.15) is 23.3 Å². The van der Waals surface area contributed by atoms with E-state index < -0.39 is 0 Å². The van der Waals surface area contributed by atoms with Crippen molar-refractivity contribution < 1.29 is 4.39 Å². The summed E-state index contributed by atoms with van der Waals surface area (Å²) in [6.45, 7) is 2.67. The minimum Gasteiger partial charge on any atom is -0.370 e. The van der Waals surface area contributed by atoms with Gasteiger partial charge in [0.15, 0.2) is 0 Å². The second-order valence-electron chi connectivity index (χ2n) is 6.82. The Morgan fingerprint density at radius 2 is 1.68 bits per heavy atom. The highest BCUT2D eigenvalue weighted by atomic mass is 19.1. The number of hydrogen-bond donors (Lipinski definition) is 2. The number of benzene rings is 1. The molecule has 1 saturated carbocycles. The third-order valence-corrected chi connectivity index (χ3v) is 4.68. The predicted molar refractivity (Wildman–Crippen MR) is 100 cm³/mol. The first-order chi connectivity index (χ1) is 12.2. The van der Waals surface area contributed by atoms with E-state index in [-0.39, 0.29) is 5.82 Å². The van der Waals surface area contributed by atoms with Gasteiger partial charge in [-0.1, -0.05) is 37.8 Å². The van der Waals surface area contributed by atoms with Gasteiger partial charge in [0.05, 0.1) is 0 Å². The monoisotopic (exact) mass is 342 g/mol. The topological polar surface area (TPSA) is 49.8 Å². The maximum atomic E-state index is 12.9. The molecule has 0 amide bonds. The molecular weight excluding hydrogens is 315 g/mol. The summed E-state index contributed by atoms with van der Waals surface area (Å²) >= 11 is 0. The lowest BCUT2D eigenvalue weighted by molar-refractivity contribution is 0.617. The molecule has 1 fully saturated rings. The maximum absolute atomic E-state index is 12.9. The Labute approximate surface area is 149 Å². The van der Waals surface area contributed by atoms with Crippen molar-refractivity contribution >= 4 is 11.6 Å². The zero-order valence-corrected chi connectivity index (χ0v) is 14.9. The molecule has 1 aliphatic rings. The molecule has 25 heavy (non-hydrogen) atoms. The highest BCUT2D eigenvalue weighted by Crippen LogP contribution is 2.21. The van der Waals surface area contributed by atoms with E-state index in [1.54, 1.807) is 0 Å². The summed E-state index contributed by atoms with van der Waals surface area (Å²) in [6, 6.07) is 9.15. The highest BCUT2D eigenvalue weighted by molar-refractivity contribution is 5.48. The number of rotatable bonds is 6. The number of anilines is 2. The van der Waals surface area contributed by atoms with E-state index in [9.17, 15) is 4.39 Å². The molecular formula is C20H27FN4. The molecule has 2 N–H and O–H groups in total. The minimum absolute atomic E-state index is 0.197. The van der Waals surface area contributed by atoms with Crippen molar-refractivity contribution in [3.63, 3.8) is 0 Å². The molecule has 5 heteroatoms. The Hall–Kier alpha value is -2.17. The number of aromatic nitrogens is 2. The third-order valence-electron chi connectivity index (χ3n) is 4.68. The molecule has 0 radical (unpaired) electrons. The van der Waals surface area contributed by atoms with E-state index >= 15 is 0 Å². The quantitative estimate of drug-likeness (QED) is 0.746. The first kappa shape index (κ1) is 17.6. The SMILES string of the molecule is Cc1nc(NCCc2ccc(F)cc2)cc(NC2CCCCCC2)n1. The summed E-state index contributed by atoms with van der Waals surface area (Å²) in [5.74, 6) is 2.31. The summed E-state index contributed by atoms with van der Waals surface area (Å²) in [5, 5.41) is 6.94. The van der Waals surface area contributed by atoms with Crippen LogP contribution >= 0.6 is 0 Å². The number of halogens is 1. The summed E-state index contributed by atoms with van der Waals surface area (Å²) in [4.78, 5) is 9.00. The second kappa shape index (κ2) is 8.79. The number of hydrogen-bond acceptors (Lipinski definition) is 4. The predicted octanol–water partition coefficient (Wildman–Crippen LogP) is 4.71. The van der Waals surface area contributed by atoms with Crippen molar-refractivity contribution in [3.8, 4) is 0 Å². The smallest absolute Gasteiger partial charge is 0.132 e. The fourth-order valence-electron chi connectivity index (χ4n) is 3.35. The standard InChI is InChI=1S/C20H27FN4/c1-15-23-19(22-13-12-16-8-10-17(21)11-9-16)14-20(24-15)25-18-6-4-2-3-5-7-18/h8-11,14,18H,2-7,12-13H2,1H3,(H2,22,23,24,25). The van der Waals surface area contributed by atoms with Gasteiger partial charge in [-0.25, -0.2) is 14.4 Å². The molecule has 1 aromatic heterocycles. The van der Waals surface area contributed by atoms with Crippen molar-refractivity contribution in [2.75, 3.05) is 17.2 Å². The summed E-state index contributed by atoms with van der Waals surface area (Å²) < 4.78 is 12.9. The third kappa shape index (κ3) is 5.69. The van der Waals surface area contributed by atoms with Crippen LogP contribution in [0.4, 0.5) is 16.0 Å². The van der Waals surface area contributed by atoms with Gasteiger partial charge >= 0.3 is 0 Å². The summed E-state index contributed by atoms with van der Waals surface area (Å²) in [5.41, 5.74) is 1.11. The van der Waals surface area contributed by atoms with Crippen molar-refractivity contribution in [2.45, 2.75) is 57.9 Å². The fourth-order valence-corrected chi connectivity index (χ4v) is 3.35. The van der Waals surface area contributed by atoms with Gasteiger partial charge in [0.25, 0.3) is 0 Å². The fraction of sp³-hybridized carbons (Fsp3) is 0.500. The summed E-state index contributed by atoms with van der Waals surface area (Å²) in [6.07, 6.45) is 8.55. The Morgan fingerprint density at radius 3 is 2.40 bits per heavy atom. The first-order valence-corrected chi connectivity index (χ1v) is 9.29. The van der Waals surface area contributed by atoms with Gasteiger partial charge in [0, 0.05) is 18.7 Å². The Kier molecular flexibility index (Phi) is 6.20. The average molecular weight is 342 g/mol.